The van der Waals surface area contributed by atoms with Gasteiger partial charge in [0.1, 0.15) is 0 Å². The minimum absolute atomic E-state index is 0.225. The number of hydrogen-bond acceptors (Lipinski definition) is 4. The van der Waals surface area contributed by atoms with E-state index in [0.717, 1.165) is 6.92 Å². The van der Waals surface area contributed by atoms with Gasteiger partial charge in [0.2, 0.25) is 9.84 Å². The summed E-state index contributed by atoms with van der Waals surface area (Å²) in [6.07, 6.45) is 0. The molecule has 6 heteroatoms. The molecule has 0 aliphatic carbocycles. The fourth-order valence-electron chi connectivity index (χ4n) is 0.944. The third-order valence-electron chi connectivity index (χ3n) is 1.97. The molecule has 1 aromatic carbocycles. The average molecular weight is 230 g/mol. The van der Waals surface area contributed by atoms with Gasteiger partial charge in [-0.3, -0.25) is 0 Å². The second-order valence-corrected chi connectivity index (χ2v) is 5.38. The van der Waals surface area contributed by atoms with Crippen molar-refractivity contribution in [2.45, 2.75) is 16.8 Å². The van der Waals surface area contributed by atoms with E-state index in [0.29, 0.717) is 0 Å². The van der Waals surface area contributed by atoms with E-state index in [-0.39, 0.29) is 4.90 Å². The standard InChI is InChI=1S/C9H10O5S/c1-9(12,8(10)11)15(13,14)7-5-3-2-4-6-7/h2-6,12H,1H3,(H,10,11). The zero-order valence-electron chi connectivity index (χ0n) is 7.91. The van der Waals surface area contributed by atoms with Gasteiger partial charge in [0.25, 0.3) is 4.93 Å². The van der Waals surface area contributed by atoms with Crippen LogP contribution in [-0.4, -0.2) is 29.5 Å². The molecule has 2 N–H and O–H groups in total. The highest BCUT2D eigenvalue weighted by Crippen LogP contribution is 2.23. The van der Waals surface area contributed by atoms with Crippen LogP contribution in [0.5, 0.6) is 0 Å². The number of carboxylic acid groups (broad SMARTS) is 1. The van der Waals surface area contributed by atoms with Crippen molar-refractivity contribution in [1.82, 2.24) is 0 Å². The molecule has 0 aromatic heterocycles. The molecule has 0 bridgehead atoms. The molecule has 0 heterocycles. The van der Waals surface area contributed by atoms with Gasteiger partial charge < -0.3 is 10.2 Å². The minimum Gasteiger partial charge on any atom is -0.478 e. The zero-order valence-corrected chi connectivity index (χ0v) is 8.73. The van der Waals surface area contributed by atoms with Crippen molar-refractivity contribution in [3.63, 3.8) is 0 Å². The lowest BCUT2D eigenvalue weighted by Crippen LogP contribution is -2.43. The van der Waals surface area contributed by atoms with Crippen molar-refractivity contribution < 1.29 is 23.4 Å². The van der Waals surface area contributed by atoms with E-state index >= 15 is 0 Å². The Bertz CT molecular complexity index is 461. The first-order valence-corrected chi connectivity index (χ1v) is 5.54. The Morgan fingerprint density at radius 3 is 2.13 bits per heavy atom. The Morgan fingerprint density at radius 2 is 1.73 bits per heavy atom. The smallest absolute Gasteiger partial charge is 0.351 e. The molecule has 0 aliphatic heterocycles. The van der Waals surface area contributed by atoms with Crippen molar-refractivity contribution in [2.24, 2.45) is 0 Å². The Morgan fingerprint density at radius 1 is 1.27 bits per heavy atom. The van der Waals surface area contributed by atoms with E-state index in [1.54, 1.807) is 6.07 Å². The molecule has 0 radical (unpaired) electrons. The first-order valence-electron chi connectivity index (χ1n) is 4.05. The van der Waals surface area contributed by atoms with Crippen LogP contribution in [0.3, 0.4) is 0 Å². The van der Waals surface area contributed by atoms with Crippen LogP contribution in [0.2, 0.25) is 0 Å². The maximum Gasteiger partial charge on any atom is 0.351 e. The van der Waals surface area contributed by atoms with Crippen LogP contribution in [0, 0.1) is 0 Å². The molecular weight excluding hydrogens is 220 g/mol. The highest BCUT2D eigenvalue weighted by molar-refractivity contribution is 7.93. The van der Waals surface area contributed by atoms with Crippen LogP contribution < -0.4 is 0 Å². The number of sulfone groups is 1. The Kier molecular flexibility index (Phi) is 2.83. The summed E-state index contributed by atoms with van der Waals surface area (Å²) in [4.78, 5) is 7.58. The lowest BCUT2D eigenvalue weighted by atomic mass is 10.4. The summed E-state index contributed by atoms with van der Waals surface area (Å²) >= 11 is 0. The summed E-state index contributed by atoms with van der Waals surface area (Å²) in [7, 11) is -4.28. The molecule has 5 nitrogen and oxygen atoms in total. The molecule has 0 spiro atoms. The molecule has 82 valence electrons. The van der Waals surface area contributed by atoms with Gasteiger partial charge in [0.15, 0.2) is 0 Å². The summed E-state index contributed by atoms with van der Waals surface area (Å²) in [6.45, 7) is 0.734. The van der Waals surface area contributed by atoms with Gasteiger partial charge in [-0.1, -0.05) is 18.2 Å². The van der Waals surface area contributed by atoms with Gasteiger partial charge in [-0.15, -0.1) is 0 Å². The molecule has 0 saturated carbocycles. The third kappa shape index (κ3) is 1.86. The number of carbonyl (C=O) groups is 1. The normalized spacial score (nSPS) is 15.6. The molecule has 0 aliphatic rings. The summed E-state index contributed by atoms with van der Waals surface area (Å²) in [6, 6.07) is 6.95. The predicted octanol–water partition coefficient (Wildman–Crippen LogP) is 0.253. The van der Waals surface area contributed by atoms with Gasteiger partial charge in [-0.2, -0.15) is 0 Å². The molecule has 1 atom stereocenters. The summed E-state index contributed by atoms with van der Waals surface area (Å²) in [5.41, 5.74) is 0. The Balaban J connectivity index is 3.33. The van der Waals surface area contributed by atoms with Gasteiger partial charge >= 0.3 is 5.97 Å². The lowest BCUT2D eigenvalue weighted by molar-refractivity contribution is -0.148. The van der Waals surface area contributed by atoms with E-state index in [4.69, 9.17) is 5.11 Å². The van der Waals surface area contributed by atoms with E-state index in [1.807, 2.05) is 0 Å². The second kappa shape index (κ2) is 3.63. The largest absolute Gasteiger partial charge is 0.478 e. The summed E-state index contributed by atoms with van der Waals surface area (Å²) in [5.74, 6) is -1.80. The van der Waals surface area contributed by atoms with Gasteiger partial charge in [0.05, 0.1) is 4.90 Å². The van der Waals surface area contributed by atoms with Crippen LogP contribution in [0.4, 0.5) is 0 Å². The Hall–Kier alpha value is -1.40. The molecule has 0 amide bonds. The average Bonchev–Trinajstić information content (AvgIpc) is 2.18. The van der Waals surface area contributed by atoms with E-state index in [1.165, 1.54) is 24.3 Å². The van der Waals surface area contributed by atoms with E-state index in [9.17, 15) is 18.3 Å². The minimum atomic E-state index is -4.28. The van der Waals surface area contributed by atoms with Crippen LogP contribution in [0.15, 0.2) is 35.2 Å². The van der Waals surface area contributed by atoms with Crippen molar-refractivity contribution in [3.8, 4) is 0 Å². The molecule has 0 saturated heterocycles. The molecule has 15 heavy (non-hydrogen) atoms. The molecule has 0 fully saturated rings. The van der Waals surface area contributed by atoms with Crippen molar-refractivity contribution in [2.75, 3.05) is 0 Å². The fraction of sp³-hybridized carbons (Fsp3) is 0.222. The van der Waals surface area contributed by atoms with Crippen molar-refractivity contribution in [1.29, 1.82) is 0 Å². The van der Waals surface area contributed by atoms with Crippen LogP contribution >= 0.6 is 0 Å². The highest BCUT2D eigenvalue weighted by atomic mass is 32.2. The quantitative estimate of drug-likeness (QED) is 0.776. The van der Waals surface area contributed by atoms with E-state index < -0.39 is 20.7 Å². The maximum atomic E-state index is 11.7. The number of rotatable bonds is 3. The maximum absolute atomic E-state index is 11.7. The highest BCUT2D eigenvalue weighted by Gasteiger charge is 2.45. The molecular formula is C9H10O5S. The van der Waals surface area contributed by atoms with Crippen LogP contribution in [0.1, 0.15) is 6.92 Å². The van der Waals surface area contributed by atoms with Crippen molar-refractivity contribution >= 4 is 15.8 Å². The number of benzene rings is 1. The first kappa shape index (κ1) is 11.7. The number of carboxylic acids is 1. The van der Waals surface area contributed by atoms with Gasteiger partial charge in [-0.25, -0.2) is 13.2 Å². The summed E-state index contributed by atoms with van der Waals surface area (Å²) < 4.78 is 23.3. The predicted molar refractivity (Wildman–Crippen MR) is 51.9 cm³/mol. The number of aliphatic hydroxyl groups is 1. The van der Waals surface area contributed by atoms with Crippen molar-refractivity contribution in [3.05, 3.63) is 30.3 Å². The van der Waals surface area contributed by atoms with Gasteiger partial charge in [0, 0.05) is 0 Å². The monoisotopic (exact) mass is 230 g/mol. The molecule has 1 rings (SSSR count). The Labute approximate surface area is 86.9 Å². The van der Waals surface area contributed by atoms with Gasteiger partial charge in [-0.05, 0) is 19.1 Å². The lowest BCUT2D eigenvalue weighted by Gasteiger charge is -2.18. The van der Waals surface area contributed by atoms with Crippen LogP contribution in [-0.2, 0) is 14.6 Å². The third-order valence-corrected chi connectivity index (χ3v) is 4.09. The molecule has 1 unspecified atom stereocenters. The molecule has 1 aromatic rings. The number of hydrogen-bond donors (Lipinski definition) is 2. The second-order valence-electron chi connectivity index (χ2n) is 3.10. The first-order chi connectivity index (χ1) is 6.80. The SMILES string of the molecule is CC(O)(C(=O)O)S(=O)(=O)c1ccccc1. The topological polar surface area (TPSA) is 91.7 Å². The van der Waals surface area contributed by atoms with E-state index in [2.05, 4.69) is 0 Å². The summed E-state index contributed by atoms with van der Waals surface area (Å²) in [5, 5.41) is 18.0. The van der Waals surface area contributed by atoms with Crippen LogP contribution in [0.25, 0.3) is 0 Å². The number of aliphatic carboxylic acids is 1. The zero-order chi connectivity index (χ0) is 11.7. The fourth-order valence-corrected chi connectivity index (χ4v) is 2.15.